The lowest BCUT2D eigenvalue weighted by Gasteiger charge is -2.01. The summed E-state index contributed by atoms with van der Waals surface area (Å²) in [5.41, 5.74) is 6.14. The fourth-order valence-electron chi connectivity index (χ4n) is 1.02. The van der Waals surface area contributed by atoms with E-state index in [-0.39, 0.29) is 12.3 Å². The van der Waals surface area contributed by atoms with Crippen LogP contribution in [0.3, 0.4) is 0 Å². The second kappa shape index (κ2) is 7.03. The van der Waals surface area contributed by atoms with Gasteiger partial charge < -0.3 is 10.5 Å². The van der Waals surface area contributed by atoms with Crippen LogP contribution in [0.1, 0.15) is 5.56 Å². The van der Waals surface area contributed by atoms with E-state index in [9.17, 15) is 9.59 Å². The third-order valence-electron chi connectivity index (χ3n) is 1.73. The molecule has 4 nitrogen and oxygen atoms in total. The van der Waals surface area contributed by atoms with Crippen molar-refractivity contribution in [3.63, 3.8) is 0 Å². The summed E-state index contributed by atoms with van der Waals surface area (Å²) in [7, 11) is 0. The lowest BCUT2D eigenvalue weighted by Crippen LogP contribution is -2.21. The maximum atomic E-state index is 11.1. The summed E-state index contributed by atoms with van der Waals surface area (Å²) < 4.78 is 4.41. The maximum Gasteiger partial charge on any atom is 0.327 e. The molecular formula is C11H13NO3S. The minimum atomic E-state index is -0.690. The van der Waals surface area contributed by atoms with Gasteiger partial charge in [0.05, 0.1) is 12.3 Å². The normalized spacial score (nSPS) is 9.81. The Labute approximate surface area is 98.2 Å². The highest BCUT2D eigenvalue weighted by Crippen LogP contribution is 2.11. The highest BCUT2D eigenvalue weighted by Gasteiger charge is 2.08. The van der Waals surface area contributed by atoms with Gasteiger partial charge in [0.25, 0.3) is 0 Å². The summed E-state index contributed by atoms with van der Waals surface area (Å²) in [5.74, 6) is -0.366. The molecule has 0 unspecified atom stereocenters. The molecule has 86 valence electrons. The molecular weight excluding hydrogens is 226 g/mol. The molecule has 0 saturated carbocycles. The third kappa shape index (κ3) is 4.95. The molecule has 0 aliphatic carbocycles. The Kier molecular flexibility index (Phi) is 5.60. The van der Waals surface area contributed by atoms with Crippen molar-refractivity contribution in [3.8, 4) is 0 Å². The topological polar surface area (TPSA) is 69.4 Å². The quantitative estimate of drug-likeness (QED) is 0.612. The fraction of sp³-hybridized carbons (Fsp3) is 0.273. The van der Waals surface area contributed by atoms with Crippen LogP contribution in [0.4, 0.5) is 0 Å². The largest absolute Gasteiger partial charge is 0.392 e. The van der Waals surface area contributed by atoms with E-state index in [0.29, 0.717) is 5.75 Å². The van der Waals surface area contributed by atoms with Gasteiger partial charge in [0.2, 0.25) is 0 Å². The lowest BCUT2D eigenvalue weighted by atomic mass is 10.2. The van der Waals surface area contributed by atoms with Gasteiger partial charge in [-0.1, -0.05) is 30.3 Å². The number of thioether (sulfide) groups is 1. The lowest BCUT2D eigenvalue weighted by molar-refractivity contribution is -0.156. The first kappa shape index (κ1) is 12.7. The maximum absolute atomic E-state index is 11.1. The summed E-state index contributed by atoms with van der Waals surface area (Å²) in [6.45, 7) is -0.269. The first-order chi connectivity index (χ1) is 7.72. The molecule has 2 N–H and O–H groups in total. The van der Waals surface area contributed by atoms with Gasteiger partial charge in [-0.25, -0.2) is 0 Å². The Morgan fingerprint density at radius 1 is 1.19 bits per heavy atom. The van der Waals surface area contributed by atoms with Crippen LogP contribution >= 0.6 is 11.8 Å². The SMILES string of the molecule is NCC(=O)OC(=O)CSCc1ccccc1. The van der Waals surface area contributed by atoms with Crippen molar-refractivity contribution in [1.82, 2.24) is 0 Å². The molecule has 0 fully saturated rings. The zero-order valence-corrected chi connectivity index (χ0v) is 9.53. The van der Waals surface area contributed by atoms with Crippen molar-refractivity contribution < 1.29 is 14.3 Å². The molecule has 1 aromatic carbocycles. The van der Waals surface area contributed by atoms with Gasteiger partial charge in [0.15, 0.2) is 0 Å². The fourth-order valence-corrected chi connectivity index (χ4v) is 1.78. The molecule has 0 atom stereocenters. The van der Waals surface area contributed by atoms with Crippen molar-refractivity contribution in [1.29, 1.82) is 0 Å². The number of ether oxygens (including phenoxy) is 1. The average molecular weight is 239 g/mol. The molecule has 0 radical (unpaired) electrons. The van der Waals surface area contributed by atoms with Gasteiger partial charge in [0.1, 0.15) is 0 Å². The zero-order valence-electron chi connectivity index (χ0n) is 8.72. The molecule has 16 heavy (non-hydrogen) atoms. The number of hydrogen-bond acceptors (Lipinski definition) is 5. The van der Waals surface area contributed by atoms with Crippen molar-refractivity contribution in [2.24, 2.45) is 5.73 Å². The van der Waals surface area contributed by atoms with E-state index in [1.54, 1.807) is 0 Å². The van der Waals surface area contributed by atoms with Crippen molar-refractivity contribution in [3.05, 3.63) is 35.9 Å². The number of nitrogens with two attached hydrogens (primary N) is 1. The van der Waals surface area contributed by atoms with Crippen molar-refractivity contribution >= 4 is 23.7 Å². The Balaban J connectivity index is 2.21. The number of benzene rings is 1. The molecule has 0 aliphatic heterocycles. The molecule has 5 heteroatoms. The standard InChI is InChI=1S/C11H13NO3S/c12-6-10(13)15-11(14)8-16-7-9-4-2-1-3-5-9/h1-5H,6-8,12H2. The molecule has 0 bridgehead atoms. The number of rotatable bonds is 5. The minimum Gasteiger partial charge on any atom is -0.392 e. The average Bonchev–Trinajstić information content (AvgIpc) is 2.30. The van der Waals surface area contributed by atoms with E-state index >= 15 is 0 Å². The van der Waals surface area contributed by atoms with Crippen LogP contribution in [0.25, 0.3) is 0 Å². The minimum absolute atomic E-state index is 0.153. The Morgan fingerprint density at radius 3 is 2.50 bits per heavy atom. The van der Waals surface area contributed by atoms with Gasteiger partial charge in [-0.3, -0.25) is 9.59 Å². The Morgan fingerprint density at radius 2 is 1.88 bits per heavy atom. The number of carbonyl (C=O) groups is 2. The van der Waals surface area contributed by atoms with Crippen LogP contribution in [0.15, 0.2) is 30.3 Å². The van der Waals surface area contributed by atoms with Crippen molar-refractivity contribution in [2.45, 2.75) is 5.75 Å². The van der Waals surface area contributed by atoms with E-state index in [0.717, 1.165) is 5.56 Å². The van der Waals surface area contributed by atoms with E-state index in [1.807, 2.05) is 30.3 Å². The smallest absolute Gasteiger partial charge is 0.327 e. The number of esters is 2. The first-order valence-electron chi connectivity index (χ1n) is 4.77. The number of hydrogen-bond donors (Lipinski definition) is 1. The summed E-state index contributed by atoms with van der Waals surface area (Å²) in [6.07, 6.45) is 0. The summed E-state index contributed by atoms with van der Waals surface area (Å²) in [4.78, 5) is 21.8. The second-order valence-corrected chi connectivity index (χ2v) is 4.01. The summed E-state index contributed by atoms with van der Waals surface area (Å²) in [6, 6.07) is 9.76. The van der Waals surface area contributed by atoms with Gasteiger partial charge in [-0.15, -0.1) is 11.8 Å². The highest BCUT2D eigenvalue weighted by molar-refractivity contribution is 7.99. The monoisotopic (exact) mass is 239 g/mol. The van der Waals surface area contributed by atoms with Crippen LogP contribution in [0, 0.1) is 0 Å². The van der Waals surface area contributed by atoms with Gasteiger partial charge in [-0.2, -0.15) is 0 Å². The van der Waals surface area contributed by atoms with Crippen LogP contribution in [0.5, 0.6) is 0 Å². The molecule has 0 heterocycles. The van der Waals surface area contributed by atoms with Crippen LogP contribution in [0.2, 0.25) is 0 Å². The first-order valence-corrected chi connectivity index (χ1v) is 5.93. The van der Waals surface area contributed by atoms with Gasteiger partial charge in [-0.05, 0) is 5.56 Å². The molecule has 0 amide bonds. The summed E-state index contributed by atoms with van der Waals surface area (Å²) in [5, 5.41) is 0. The van der Waals surface area contributed by atoms with Crippen LogP contribution < -0.4 is 5.73 Å². The zero-order chi connectivity index (χ0) is 11.8. The van der Waals surface area contributed by atoms with E-state index < -0.39 is 11.9 Å². The van der Waals surface area contributed by atoms with Crippen molar-refractivity contribution in [2.75, 3.05) is 12.3 Å². The molecule has 0 aromatic heterocycles. The Hall–Kier alpha value is -1.33. The third-order valence-corrected chi connectivity index (χ3v) is 2.70. The van der Waals surface area contributed by atoms with E-state index in [2.05, 4.69) is 4.74 Å². The molecule has 0 aliphatic rings. The molecule has 1 aromatic rings. The Bertz CT molecular complexity index is 354. The van der Waals surface area contributed by atoms with E-state index in [1.165, 1.54) is 11.8 Å². The van der Waals surface area contributed by atoms with Crippen LogP contribution in [-0.2, 0) is 20.1 Å². The molecule has 1 rings (SSSR count). The van der Waals surface area contributed by atoms with Gasteiger partial charge in [0, 0.05) is 5.75 Å². The van der Waals surface area contributed by atoms with Crippen LogP contribution in [-0.4, -0.2) is 24.2 Å². The highest BCUT2D eigenvalue weighted by atomic mass is 32.2. The second-order valence-electron chi connectivity index (χ2n) is 3.03. The predicted octanol–water partition coefficient (Wildman–Crippen LogP) is 0.948. The summed E-state index contributed by atoms with van der Waals surface area (Å²) >= 11 is 1.40. The van der Waals surface area contributed by atoms with Gasteiger partial charge >= 0.3 is 11.9 Å². The molecule has 0 saturated heterocycles. The number of carbonyl (C=O) groups excluding carboxylic acids is 2. The molecule has 0 spiro atoms. The van der Waals surface area contributed by atoms with E-state index in [4.69, 9.17) is 5.73 Å². The predicted molar refractivity (Wildman–Crippen MR) is 62.8 cm³/mol.